The Morgan fingerprint density at radius 1 is 0.882 bits per heavy atom. The van der Waals surface area contributed by atoms with Crippen LogP contribution in [0.1, 0.15) is 88.1 Å². The average molecular weight is 696 g/mol. The predicted octanol–water partition coefficient (Wildman–Crippen LogP) is 6.64. The van der Waals surface area contributed by atoms with Gasteiger partial charge in [0.2, 0.25) is 5.91 Å². The van der Waals surface area contributed by atoms with Gasteiger partial charge in [0.25, 0.3) is 5.91 Å². The lowest BCUT2D eigenvalue weighted by molar-refractivity contribution is -0.153. The van der Waals surface area contributed by atoms with Crippen LogP contribution in [0, 0.1) is 23.7 Å². The van der Waals surface area contributed by atoms with Crippen molar-refractivity contribution in [1.29, 1.82) is 0 Å². The standard InChI is InChI=1S/C41H53N5O5/c1-4-5-28-6-10-30(11-7-28)31-18-20-45(21-19-31)35-23-42-38(43-24-35)32-12-8-29(9-13-32)22-37(40(48)46-25-34(26-46)41(49)50)44-39(47)33-14-16-36(17-15-33)51-27(2)3/h8-9,12-17,23-24,27-28,30-31,34,37H,4-7,10-11,18-22,25-26H2,1-3H3,(H,44,47)(H,49,50)/t28?,30?,37-/m0/s1. The highest BCUT2D eigenvalue weighted by atomic mass is 16.5. The molecule has 272 valence electrons. The number of hydrogen-bond donors (Lipinski definition) is 2. The lowest BCUT2D eigenvalue weighted by Crippen LogP contribution is -2.59. The Kier molecular flexibility index (Phi) is 11.9. The molecular formula is C41H53N5O5. The van der Waals surface area contributed by atoms with Gasteiger partial charge < -0.3 is 25.0 Å². The molecule has 1 saturated carbocycles. The van der Waals surface area contributed by atoms with Gasteiger partial charge in [0.15, 0.2) is 5.82 Å². The second kappa shape index (κ2) is 16.7. The summed E-state index contributed by atoms with van der Waals surface area (Å²) in [6.07, 6.45) is 15.0. The number of carbonyl (C=O) groups is 3. The van der Waals surface area contributed by atoms with Gasteiger partial charge in [0, 0.05) is 43.7 Å². The van der Waals surface area contributed by atoms with Crippen LogP contribution in [0.5, 0.6) is 5.75 Å². The predicted molar refractivity (Wildman–Crippen MR) is 198 cm³/mol. The monoisotopic (exact) mass is 695 g/mol. The molecule has 3 aromatic rings. The minimum Gasteiger partial charge on any atom is -0.491 e. The molecule has 1 aromatic heterocycles. The van der Waals surface area contributed by atoms with E-state index >= 15 is 0 Å². The highest BCUT2D eigenvalue weighted by Crippen LogP contribution is 2.39. The van der Waals surface area contributed by atoms with Crippen LogP contribution in [0.25, 0.3) is 11.4 Å². The number of aliphatic carboxylic acids is 1. The molecule has 2 aromatic carbocycles. The van der Waals surface area contributed by atoms with Crippen LogP contribution in [-0.4, -0.2) is 76.1 Å². The van der Waals surface area contributed by atoms with Crippen molar-refractivity contribution in [2.45, 2.75) is 90.7 Å². The molecule has 2 N–H and O–H groups in total. The van der Waals surface area contributed by atoms with E-state index in [4.69, 9.17) is 14.7 Å². The number of likely N-dealkylation sites (tertiary alicyclic amines) is 1. The minimum absolute atomic E-state index is 0.00698. The summed E-state index contributed by atoms with van der Waals surface area (Å²) in [6, 6.07) is 13.7. The lowest BCUT2D eigenvalue weighted by Gasteiger charge is -2.39. The fourth-order valence-electron chi connectivity index (χ4n) is 8.08. The zero-order chi connectivity index (χ0) is 35.9. The summed E-state index contributed by atoms with van der Waals surface area (Å²) in [5.74, 6) is 1.79. The maximum Gasteiger partial charge on any atom is 0.310 e. The smallest absolute Gasteiger partial charge is 0.310 e. The van der Waals surface area contributed by atoms with Gasteiger partial charge in [-0.3, -0.25) is 14.4 Å². The van der Waals surface area contributed by atoms with Crippen molar-refractivity contribution in [2.24, 2.45) is 23.7 Å². The normalized spacial score (nSPS) is 20.5. The molecule has 10 nitrogen and oxygen atoms in total. The van der Waals surface area contributed by atoms with E-state index in [-0.39, 0.29) is 37.4 Å². The fourth-order valence-corrected chi connectivity index (χ4v) is 8.08. The van der Waals surface area contributed by atoms with Crippen molar-refractivity contribution in [3.8, 4) is 17.1 Å². The summed E-state index contributed by atoms with van der Waals surface area (Å²) in [5.41, 5.74) is 3.19. The van der Waals surface area contributed by atoms with Crippen LogP contribution in [0.4, 0.5) is 5.69 Å². The molecule has 0 unspecified atom stereocenters. The molecule has 1 atom stereocenters. The molecule has 3 fully saturated rings. The second-order valence-electron chi connectivity index (χ2n) is 15.1. The third kappa shape index (κ3) is 9.26. The molecule has 3 heterocycles. The molecule has 6 rings (SSSR count). The number of carboxylic acids is 1. The first-order valence-electron chi connectivity index (χ1n) is 18.9. The number of ether oxygens (including phenoxy) is 1. The third-order valence-corrected chi connectivity index (χ3v) is 11.1. The van der Waals surface area contributed by atoms with E-state index in [2.05, 4.69) is 17.1 Å². The molecule has 51 heavy (non-hydrogen) atoms. The second-order valence-corrected chi connectivity index (χ2v) is 15.1. The van der Waals surface area contributed by atoms with E-state index in [1.54, 1.807) is 24.3 Å². The Morgan fingerprint density at radius 3 is 2.10 bits per heavy atom. The number of piperidine rings is 1. The number of carboxylic acid groups (broad SMARTS) is 1. The van der Waals surface area contributed by atoms with Gasteiger partial charge in [-0.15, -0.1) is 0 Å². The summed E-state index contributed by atoms with van der Waals surface area (Å²) in [6.45, 7) is 8.54. The Morgan fingerprint density at radius 2 is 1.51 bits per heavy atom. The molecule has 2 saturated heterocycles. The van der Waals surface area contributed by atoms with Gasteiger partial charge >= 0.3 is 5.97 Å². The van der Waals surface area contributed by atoms with E-state index in [1.807, 2.05) is 50.5 Å². The Bertz CT molecular complexity index is 1610. The van der Waals surface area contributed by atoms with Gasteiger partial charge in [-0.05, 0) is 87.1 Å². The van der Waals surface area contributed by atoms with Crippen molar-refractivity contribution in [2.75, 3.05) is 31.1 Å². The van der Waals surface area contributed by atoms with E-state index in [1.165, 1.54) is 56.3 Å². The quantitative estimate of drug-likeness (QED) is 0.204. The van der Waals surface area contributed by atoms with E-state index < -0.39 is 17.9 Å². The van der Waals surface area contributed by atoms with Crippen molar-refractivity contribution >= 4 is 23.5 Å². The minimum atomic E-state index is -0.922. The number of hydrogen-bond acceptors (Lipinski definition) is 7. The van der Waals surface area contributed by atoms with Crippen molar-refractivity contribution in [3.63, 3.8) is 0 Å². The van der Waals surface area contributed by atoms with Crippen LogP contribution in [-0.2, 0) is 16.0 Å². The highest BCUT2D eigenvalue weighted by Gasteiger charge is 2.39. The molecule has 0 spiro atoms. The van der Waals surface area contributed by atoms with Gasteiger partial charge in [0.1, 0.15) is 11.8 Å². The molecular weight excluding hydrogens is 642 g/mol. The maximum atomic E-state index is 13.5. The van der Waals surface area contributed by atoms with E-state index in [0.29, 0.717) is 17.1 Å². The van der Waals surface area contributed by atoms with Crippen LogP contribution >= 0.6 is 0 Å². The fraction of sp³-hybridized carbons (Fsp3) is 0.537. The van der Waals surface area contributed by atoms with Crippen LogP contribution in [0.15, 0.2) is 60.9 Å². The van der Waals surface area contributed by atoms with Gasteiger partial charge in [-0.1, -0.05) is 56.9 Å². The summed E-state index contributed by atoms with van der Waals surface area (Å²) in [5, 5.41) is 12.2. The summed E-state index contributed by atoms with van der Waals surface area (Å²) in [4.78, 5) is 51.5. The average Bonchev–Trinajstić information content (AvgIpc) is 3.11. The SMILES string of the molecule is CCCC1CCC(C2CCN(c3cnc(-c4ccc(C[C@H](NC(=O)c5ccc(OC(C)C)cc5)C(=O)N5CC(C(=O)O)C5)cc4)nc3)CC2)CC1. The molecule has 2 amide bonds. The van der Waals surface area contributed by atoms with Crippen molar-refractivity contribution in [3.05, 3.63) is 72.1 Å². The van der Waals surface area contributed by atoms with Gasteiger partial charge in [0.05, 0.1) is 30.1 Å². The molecule has 3 aliphatic rings. The van der Waals surface area contributed by atoms with Gasteiger partial charge in [-0.25, -0.2) is 9.97 Å². The molecule has 10 heteroatoms. The topological polar surface area (TPSA) is 125 Å². The molecule has 0 bridgehead atoms. The van der Waals surface area contributed by atoms with Gasteiger partial charge in [-0.2, -0.15) is 0 Å². The number of carbonyl (C=O) groups excluding carboxylic acids is 2. The van der Waals surface area contributed by atoms with Crippen molar-refractivity contribution < 1.29 is 24.2 Å². The third-order valence-electron chi connectivity index (χ3n) is 11.1. The first kappa shape index (κ1) is 36.3. The highest BCUT2D eigenvalue weighted by molar-refractivity contribution is 5.98. The number of benzene rings is 2. The molecule has 1 aliphatic carbocycles. The van der Waals surface area contributed by atoms with E-state index in [9.17, 15) is 19.5 Å². The summed E-state index contributed by atoms with van der Waals surface area (Å²) >= 11 is 0. The van der Waals surface area contributed by atoms with Crippen molar-refractivity contribution in [1.82, 2.24) is 20.2 Å². The first-order valence-corrected chi connectivity index (χ1v) is 18.9. The number of nitrogens with zero attached hydrogens (tertiary/aromatic N) is 4. The number of nitrogens with one attached hydrogen (secondary N) is 1. The Hall–Kier alpha value is -4.47. The Labute approximate surface area is 302 Å². The van der Waals surface area contributed by atoms with Crippen LogP contribution in [0.2, 0.25) is 0 Å². The Balaban J connectivity index is 1.05. The number of anilines is 1. The summed E-state index contributed by atoms with van der Waals surface area (Å²) < 4.78 is 5.68. The lowest BCUT2D eigenvalue weighted by atomic mass is 9.72. The molecule has 2 aliphatic heterocycles. The first-order chi connectivity index (χ1) is 24.7. The largest absolute Gasteiger partial charge is 0.491 e. The molecule has 0 radical (unpaired) electrons. The zero-order valence-corrected chi connectivity index (χ0v) is 30.3. The maximum absolute atomic E-state index is 13.5. The number of aromatic nitrogens is 2. The number of rotatable bonds is 13. The zero-order valence-electron chi connectivity index (χ0n) is 30.3. The van der Waals surface area contributed by atoms with Crippen LogP contribution in [0.3, 0.4) is 0 Å². The summed E-state index contributed by atoms with van der Waals surface area (Å²) in [7, 11) is 0. The van der Waals surface area contributed by atoms with E-state index in [0.717, 1.165) is 47.7 Å². The number of amides is 2. The van der Waals surface area contributed by atoms with Crippen LogP contribution < -0.4 is 15.0 Å².